The van der Waals surface area contributed by atoms with Crippen LogP contribution in [0.4, 0.5) is 4.39 Å². The minimum absolute atomic E-state index is 0.241. The van der Waals surface area contributed by atoms with Crippen molar-refractivity contribution in [2.45, 2.75) is 0 Å². The lowest BCUT2D eigenvalue weighted by atomic mass is 10.1. The van der Waals surface area contributed by atoms with Gasteiger partial charge in [0, 0.05) is 11.6 Å². The first kappa shape index (κ1) is 7.75. The molecule has 62 valence electrons. The molecular formula is C11H6FN. The van der Waals surface area contributed by atoms with Gasteiger partial charge >= 0.3 is 0 Å². The van der Waals surface area contributed by atoms with E-state index in [-0.39, 0.29) is 5.82 Å². The molecule has 0 atom stereocenters. The van der Waals surface area contributed by atoms with Gasteiger partial charge in [0.2, 0.25) is 0 Å². The predicted molar refractivity (Wildman–Crippen MR) is 47.3 cm³/mol. The summed E-state index contributed by atoms with van der Waals surface area (Å²) in [7, 11) is 0. The third-order valence-electron chi connectivity index (χ3n) is 1.70. The highest BCUT2D eigenvalue weighted by Crippen LogP contribution is 2.14. The second-order valence-corrected chi connectivity index (χ2v) is 2.58. The lowest BCUT2D eigenvalue weighted by Gasteiger charge is -1.96. The highest BCUT2D eigenvalue weighted by molar-refractivity contribution is 5.57. The molecule has 0 fully saturated rings. The van der Waals surface area contributed by atoms with E-state index in [1.54, 1.807) is 24.4 Å². The minimum Gasteiger partial charge on any atom is -0.247 e. The molecule has 0 aliphatic heterocycles. The molecule has 0 amide bonds. The third kappa shape index (κ3) is 1.65. The smallest absolute Gasteiger partial charge is 0.123 e. The Kier molecular flexibility index (Phi) is 1.93. The van der Waals surface area contributed by atoms with Crippen LogP contribution < -0.4 is 0 Å². The first-order valence-corrected chi connectivity index (χ1v) is 3.86. The molecule has 0 saturated heterocycles. The molecule has 1 heterocycles. The number of nitrogens with zero attached hydrogens (tertiary/aromatic N) is 1. The van der Waals surface area contributed by atoms with E-state index in [0.29, 0.717) is 0 Å². The van der Waals surface area contributed by atoms with E-state index in [4.69, 9.17) is 0 Å². The van der Waals surface area contributed by atoms with Gasteiger partial charge in [0.05, 0.1) is 11.9 Å². The van der Waals surface area contributed by atoms with Crippen molar-refractivity contribution >= 4 is 0 Å². The van der Waals surface area contributed by atoms with Gasteiger partial charge in [0.1, 0.15) is 5.82 Å². The van der Waals surface area contributed by atoms with Crippen molar-refractivity contribution in [2.24, 2.45) is 0 Å². The molecule has 1 nitrogen and oxygen atoms in total. The molecule has 2 heteroatoms. The van der Waals surface area contributed by atoms with E-state index in [0.717, 1.165) is 11.3 Å². The summed E-state index contributed by atoms with van der Waals surface area (Å²) in [6.07, 6.45) is 1.54. The van der Waals surface area contributed by atoms with Gasteiger partial charge in [-0.3, -0.25) is 0 Å². The highest BCUT2D eigenvalue weighted by atomic mass is 19.1. The van der Waals surface area contributed by atoms with Crippen LogP contribution in [0.15, 0.2) is 36.5 Å². The maximum absolute atomic E-state index is 12.6. The van der Waals surface area contributed by atoms with Gasteiger partial charge in [-0.1, -0.05) is 6.07 Å². The molecule has 0 aliphatic rings. The topological polar surface area (TPSA) is 12.9 Å². The van der Waals surface area contributed by atoms with E-state index in [1.807, 2.05) is 0 Å². The van der Waals surface area contributed by atoms with Crippen LogP contribution in [0.25, 0.3) is 11.3 Å². The Morgan fingerprint density at radius 3 is 2.46 bits per heavy atom. The number of halogens is 1. The number of rotatable bonds is 1. The van der Waals surface area contributed by atoms with Gasteiger partial charge in [-0.05, 0) is 30.3 Å². The fourth-order valence-corrected chi connectivity index (χ4v) is 1.06. The standard InChI is InChI=1S/C11H6FN/c12-10-6-4-9(5-7-10)11-3-1-2-8-13-11/h3-8H. The quantitative estimate of drug-likeness (QED) is 0.642. The van der Waals surface area contributed by atoms with Gasteiger partial charge in [0.25, 0.3) is 0 Å². The van der Waals surface area contributed by atoms with E-state index < -0.39 is 0 Å². The van der Waals surface area contributed by atoms with Crippen LogP contribution in [0.1, 0.15) is 0 Å². The molecule has 0 N–H and O–H groups in total. The monoisotopic (exact) mass is 171 g/mol. The fraction of sp³-hybridized carbons (Fsp3) is 0. The summed E-state index contributed by atoms with van der Waals surface area (Å²) in [6.45, 7) is 0. The van der Waals surface area contributed by atoms with Crippen molar-refractivity contribution in [3.05, 3.63) is 54.5 Å². The van der Waals surface area contributed by atoms with Crippen molar-refractivity contribution < 1.29 is 4.39 Å². The van der Waals surface area contributed by atoms with E-state index in [2.05, 4.69) is 17.1 Å². The number of hydrogen-bond acceptors (Lipinski definition) is 1. The molecule has 1 aromatic heterocycles. The Balaban J connectivity index is 2.42. The van der Waals surface area contributed by atoms with Crippen LogP contribution in [0.5, 0.6) is 0 Å². The Morgan fingerprint density at radius 1 is 1.08 bits per heavy atom. The van der Waals surface area contributed by atoms with Crippen molar-refractivity contribution in [1.82, 2.24) is 4.98 Å². The summed E-state index contributed by atoms with van der Waals surface area (Å²) >= 11 is 0. The summed E-state index contributed by atoms with van der Waals surface area (Å²) in [4.78, 5) is 4.07. The molecule has 0 aliphatic carbocycles. The first-order chi connectivity index (χ1) is 6.36. The molecule has 13 heavy (non-hydrogen) atoms. The van der Waals surface area contributed by atoms with Gasteiger partial charge in [0.15, 0.2) is 0 Å². The maximum atomic E-state index is 12.6. The van der Waals surface area contributed by atoms with Crippen LogP contribution in [-0.4, -0.2) is 4.98 Å². The van der Waals surface area contributed by atoms with E-state index >= 15 is 0 Å². The van der Waals surface area contributed by atoms with Crippen molar-refractivity contribution in [3.8, 4) is 11.3 Å². The third-order valence-corrected chi connectivity index (χ3v) is 1.70. The van der Waals surface area contributed by atoms with Crippen LogP contribution in [0.3, 0.4) is 0 Å². The van der Waals surface area contributed by atoms with Gasteiger partial charge < -0.3 is 0 Å². The van der Waals surface area contributed by atoms with Gasteiger partial charge in [-0.2, -0.15) is 0 Å². The lowest BCUT2D eigenvalue weighted by Crippen LogP contribution is -1.80. The molecule has 0 saturated carbocycles. The molecular weight excluding hydrogens is 165 g/mol. The number of aromatic nitrogens is 1. The maximum Gasteiger partial charge on any atom is 0.123 e. The number of hydrogen-bond donors (Lipinski definition) is 0. The Morgan fingerprint density at radius 2 is 1.85 bits per heavy atom. The lowest BCUT2D eigenvalue weighted by molar-refractivity contribution is 0.628. The summed E-state index contributed by atoms with van der Waals surface area (Å²) in [5.74, 6) is -0.241. The SMILES string of the molecule is Fc1ccc(-c2cc#ccn2)cc1. The fourth-order valence-electron chi connectivity index (χ4n) is 1.06. The predicted octanol–water partition coefficient (Wildman–Crippen LogP) is 2.49. The average molecular weight is 171 g/mol. The summed E-state index contributed by atoms with van der Waals surface area (Å²) in [6, 6.07) is 13.4. The zero-order chi connectivity index (χ0) is 9.10. The van der Waals surface area contributed by atoms with Gasteiger partial charge in [-0.15, -0.1) is 0 Å². The second-order valence-electron chi connectivity index (χ2n) is 2.58. The Hall–Kier alpha value is -1.88. The first-order valence-electron chi connectivity index (χ1n) is 3.86. The van der Waals surface area contributed by atoms with Crippen LogP contribution in [0, 0.1) is 17.9 Å². The molecule has 0 spiro atoms. The number of benzene rings is 1. The average Bonchev–Trinajstić information content (AvgIpc) is 2.20. The summed E-state index contributed by atoms with van der Waals surface area (Å²) in [5.41, 5.74) is 1.66. The molecule has 1 aromatic carbocycles. The highest BCUT2D eigenvalue weighted by Gasteiger charge is 1.96. The van der Waals surface area contributed by atoms with Crippen molar-refractivity contribution in [3.63, 3.8) is 0 Å². The molecule has 2 aromatic rings. The van der Waals surface area contributed by atoms with E-state index in [9.17, 15) is 4.39 Å². The normalized spacial score (nSPS) is 9.31. The van der Waals surface area contributed by atoms with Crippen LogP contribution >= 0.6 is 0 Å². The summed E-state index contributed by atoms with van der Waals surface area (Å²) < 4.78 is 12.6. The molecule has 0 radical (unpaired) electrons. The second kappa shape index (κ2) is 3.24. The summed E-state index contributed by atoms with van der Waals surface area (Å²) in [5, 5.41) is 0. The molecule has 0 unspecified atom stereocenters. The van der Waals surface area contributed by atoms with Gasteiger partial charge in [-0.25, -0.2) is 9.37 Å². The minimum atomic E-state index is -0.241. The Bertz CT molecular complexity index is 381. The largest absolute Gasteiger partial charge is 0.247 e. The molecule has 0 bridgehead atoms. The van der Waals surface area contributed by atoms with Crippen LogP contribution in [-0.2, 0) is 0 Å². The van der Waals surface area contributed by atoms with E-state index in [1.165, 1.54) is 12.1 Å². The van der Waals surface area contributed by atoms with Crippen molar-refractivity contribution in [1.29, 1.82) is 0 Å². The zero-order valence-corrected chi connectivity index (χ0v) is 6.79. The van der Waals surface area contributed by atoms with Crippen molar-refractivity contribution in [2.75, 3.05) is 0 Å². The van der Waals surface area contributed by atoms with Crippen LogP contribution in [0.2, 0.25) is 0 Å². The Labute approximate surface area is 75.9 Å². The zero-order valence-electron chi connectivity index (χ0n) is 6.79. The molecule has 2 rings (SSSR count).